The predicted molar refractivity (Wildman–Crippen MR) is 58.8 cm³/mol. The summed E-state index contributed by atoms with van der Waals surface area (Å²) >= 11 is 0. The third-order valence-electron chi connectivity index (χ3n) is 2.42. The van der Waals surface area contributed by atoms with E-state index >= 15 is 0 Å². The van der Waals surface area contributed by atoms with Crippen LogP contribution in [0.3, 0.4) is 0 Å². The molecule has 3 nitrogen and oxygen atoms in total. The molecule has 2 atom stereocenters. The van der Waals surface area contributed by atoms with Crippen molar-refractivity contribution in [1.82, 2.24) is 5.32 Å². The molecule has 14 heavy (non-hydrogen) atoms. The highest BCUT2D eigenvalue weighted by Gasteiger charge is 2.22. The van der Waals surface area contributed by atoms with Gasteiger partial charge in [0.1, 0.15) is 0 Å². The number of hydrogen-bond donors (Lipinski definition) is 1. The lowest BCUT2D eigenvalue weighted by molar-refractivity contribution is 0.474. The van der Waals surface area contributed by atoms with Gasteiger partial charge in [0.05, 0.1) is 5.75 Å². The minimum atomic E-state index is -2.90. The Morgan fingerprint density at radius 3 is 2.79 bits per heavy atom. The molecule has 1 N–H and O–H groups in total. The first-order chi connectivity index (χ1) is 6.53. The van der Waals surface area contributed by atoms with E-state index < -0.39 is 9.84 Å². The van der Waals surface area contributed by atoms with E-state index in [0.29, 0.717) is 6.04 Å². The second-order valence-electron chi connectivity index (χ2n) is 3.97. The molecule has 82 valence electrons. The van der Waals surface area contributed by atoms with Gasteiger partial charge in [-0.2, -0.15) is 0 Å². The van der Waals surface area contributed by atoms with Crippen LogP contribution < -0.4 is 5.32 Å². The van der Waals surface area contributed by atoms with Gasteiger partial charge in [-0.1, -0.05) is 25.8 Å². The Hall–Kier alpha value is -0.350. The third kappa shape index (κ3) is 3.80. The fourth-order valence-electron chi connectivity index (χ4n) is 1.64. The van der Waals surface area contributed by atoms with Crippen LogP contribution in [0.5, 0.6) is 0 Å². The van der Waals surface area contributed by atoms with Gasteiger partial charge in [-0.15, -0.1) is 0 Å². The van der Waals surface area contributed by atoms with Crippen LogP contribution in [0, 0.1) is 0 Å². The highest BCUT2D eigenvalue weighted by Crippen LogP contribution is 2.10. The second-order valence-corrected chi connectivity index (χ2v) is 5.91. The van der Waals surface area contributed by atoms with Crippen molar-refractivity contribution >= 4 is 9.84 Å². The van der Waals surface area contributed by atoms with Crippen LogP contribution in [-0.2, 0) is 9.84 Å². The van der Waals surface area contributed by atoms with E-state index in [9.17, 15) is 8.42 Å². The molecule has 0 aliphatic carbocycles. The van der Waals surface area contributed by atoms with E-state index in [1.54, 1.807) is 6.08 Å². The molecule has 0 radical (unpaired) electrons. The van der Waals surface area contributed by atoms with Gasteiger partial charge in [0.2, 0.25) is 0 Å². The van der Waals surface area contributed by atoms with E-state index in [4.69, 9.17) is 0 Å². The minimum Gasteiger partial charge on any atom is -0.307 e. The van der Waals surface area contributed by atoms with Crippen molar-refractivity contribution in [2.24, 2.45) is 0 Å². The molecule has 0 spiro atoms. The quantitative estimate of drug-likeness (QED) is 0.758. The van der Waals surface area contributed by atoms with E-state index in [2.05, 4.69) is 19.2 Å². The zero-order valence-electron chi connectivity index (χ0n) is 8.86. The average Bonchev–Trinajstić information content (AvgIpc) is 2.42. The van der Waals surface area contributed by atoms with Crippen LogP contribution in [0.1, 0.15) is 33.1 Å². The maximum atomic E-state index is 11.1. The van der Waals surface area contributed by atoms with E-state index in [0.717, 1.165) is 6.42 Å². The maximum Gasteiger partial charge on any atom is 0.173 e. The smallest absolute Gasteiger partial charge is 0.173 e. The van der Waals surface area contributed by atoms with Crippen LogP contribution in [0.25, 0.3) is 0 Å². The van der Waals surface area contributed by atoms with Crippen LogP contribution in [0.4, 0.5) is 0 Å². The molecular formula is C10H19NO2S. The number of nitrogens with one attached hydrogen (secondary N) is 1. The van der Waals surface area contributed by atoms with Crippen molar-refractivity contribution in [2.45, 2.75) is 45.2 Å². The summed E-state index contributed by atoms with van der Waals surface area (Å²) in [5.74, 6) is 0.226. The summed E-state index contributed by atoms with van der Waals surface area (Å²) in [6, 6.07) is 0.421. The van der Waals surface area contributed by atoms with E-state index in [1.165, 1.54) is 18.2 Å². The first-order valence-electron chi connectivity index (χ1n) is 5.20. The molecule has 1 heterocycles. The van der Waals surface area contributed by atoms with Gasteiger partial charge in [0.15, 0.2) is 9.84 Å². The first-order valence-corrected chi connectivity index (χ1v) is 6.92. The molecule has 1 aliphatic rings. The Morgan fingerprint density at radius 1 is 1.57 bits per heavy atom. The Kier molecular flexibility index (Phi) is 4.13. The van der Waals surface area contributed by atoms with Crippen molar-refractivity contribution in [2.75, 3.05) is 5.75 Å². The normalized spacial score (nSPS) is 26.6. The number of unbranched alkanes of at least 4 members (excludes halogenated alkanes) is 1. The summed E-state index contributed by atoms with van der Waals surface area (Å²) in [7, 11) is -2.90. The summed E-state index contributed by atoms with van der Waals surface area (Å²) in [4.78, 5) is 0. The van der Waals surface area contributed by atoms with E-state index in [-0.39, 0.29) is 11.8 Å². The fraction of sp³-hybridized carbons (Fsp3) is 0.800. The summed E-state index contributed by atoms with van der Waals surface area (Å²) in [5.41, 5.74) is 0. The molecule has 1 aliphatic heterocycles. The standard InChI is InChI=1S/C10H19NO2S/c1-3-4-5-9(2)11-10-6-7-14(12,13)8-10/h6-7,9-11H,3-5,8H2,1-2H3. The lowest BCUT2D eigenvalue weighted by Crippen LogP contribution is -2.37. The number of sulfone groups is 1. The van der Waals surface area contributed by atoms with Crippen LogP contribution >= 0.6 is 0 Å². The fourth-order valence-corrected chi connectivity index (χ4v) is 2.89. The first kappa shape index (κ1) is 11.7. The van der Waals surface area contributed by atoms with Crippen molar-refractivity contribution in [3.8, 4) is 0 Å². The molecule has 4 heteroatoms. The Labute approximate surface area is 86.5 Å². The third-order valence-corrected chi connectivity index (χ3v) is 3.81. The maximum absolute atomic E-state index is 11.1. The van der Waals surface area contributed by atoms with Crippen molar-refractivity contribution in [3.05, 3.63) is 11.5 Å². The molecular weight excluding hydrogens is 198 g/mol. The molecule has 0 saturated heterocycles. The zero-order chi connectivity index (χ0) is 10.6. The molecule has 0 aromatic heterocycles. The largest absolute Gasteiger partial charge is 0.307 e. The van der Waals surface area contributed by atoms with Crippen LogP contribution in [0.2, 0.25) is 0 Å². The Bertz CT molecular complexity index is 295. The Balaban J connectivity index is 2.30. The molecule has 2 unspecified atom stereocenters. The van der Waals surface area contributed by atoms with Crippen molar-refractivity contribution in [3.63, 3.8) is 0 Å². The summed E-state index contributed by atoms with van der Waals surface area (Å²) in [5, 5.41) is 4.62. The topological polar surface area (TPSA) is 46.2 Å². The molecule has 0 fully saturated rings. The highest BCUT2D eigenvalue weighted by molar-refractivity contribution is 7.94. The van der Waals surface area contributed by atoms with Gasteiger partial charge < -0.3 is 5.32 Å². The molecule has 0 bridgehead atoms. The van der Waals surface area contributed by atoms with E-state index in [1.807, 2.05) is 0 Å². The van der Waals surface area contributed by atoms with Gasteiger partial charge in [-0.05, 0) is 13.3 Å². The highest BCUT2D eigenvalue weighted by atomic mass is 32.2. The van der Waals surface area contributed by atoms with Crippen LogP contribution in [-0.4, -0.2) is 26.3 Å². The average molecular weight is 217 g/mol. The minimum absolute atomic E-state index is 0.0202. The molecule has 1 rings (SSSR count). The SMILES string of the molecule is CCCCC(C)NC1C=CS(=O)(=O)C1. The predicted octanol–water partition coefficient (Wildman–Crippen LogP) is 1.47. The zero-order valence-corrected chi connectivity index (χ0v) is 9.68. The van der Waals surface area contributed by atoms with Crippen molar-refractivity contribution < 1.29 is 8.42 Å². The van der Waals surface area contributed by atoms with Crippen LogP contribution in [0.15, 0.2) is 11.5 Å². The van der Waals surface area contributed by atoms with Gasteiger partial charge in [-0.25, -0.2) is 8.42 Å². The summed E-state index contributed by atoms with van der Waals surface area (Å²) in [6.45, 7) is 4.26. The summed E-state index contributed by atoms with van der Waals surface area (Å²) < 4.78 is 22.2. The van der Waals surface area contributed by atoms with Gasteiger partial charge in [0, 0.05) is 17.5 Å². The van der Waals surface area contributed by atoms with Gasteiger partial charge >= 0.3 is 0 Å². The lowest BCUT2D eigenvalue weighted by Gasteiger charge is -2.17. The van der Waals surface area contributed by atoms with Crippen molar-refractivity contribution in [1.29, 1.82) is 0 Å². The molecule has 0 amide bonds. The van der Waals surface area contributed by atoms with Gasteiger partial charge in [-0.3, -0.25) is 0 Å². The summed E-state index contributed by atoms with van der Waals surface area (Å²) in [6.07, 6.45) is 5.24. The van der Waals surface area contributed by atoms with Gasteiger partial charge in [0.25, 0.3) is 0 Å². The molecule has 0 aromatic carbocycles. The second kappa shape index (κ2) is 4.94. The lowest BCUT2D eigenvalue weighted by atomic mass is 10.1. The molecule has 0 saturated carbocycles. The monoisotopic (exact) mass is 217 g/mol. The number of hydrogen-bond acceptors (Lipinski definition) is 3. The Morgan fingerprint density at radius 2 is 2.29 bits per heavy atom. The number of rotatable bonds is 5. The molecule has 0 aromatic rings.